The molecule has 3 nitrogen and oxygen atoms in total. The molecular formula is C106H148Br2N2OS4. The first-order valence-electron chi connectivity index (χ1n) is 48.2. The quantitative estimate of drug-likeness (QED) is 0.0380. The number of hydrogen-bond donors (Lipinski definition) is 0. The van der Waals surface area contributed by atoms with Gasteiger partial charge in [-0.05, 0) is 246 Å². The zero-order valence-electron chi connectivity index (χ0n) is 74.6. The van der Waals surface area contributed by atoms with Crippen molar-refractivity contribution in [2.75, 3.05) is 6.54 Å². The van der Waals surface area contributed by atoms with Crippen molar-refractivity contribution in [2.45, 2.75) is 389 Å². The van der Waals surface area contributed by atoms with Gasteiger partial charge in [-0.2, -0.15) is 0 Å². The van der Waals surface area contributed by atoms with E-state index >= 15 is 4.79 Å². The molecule has 0 radical (unpaired) electrons. The Morgan fingerprint density at radius 2 is 0.609 bits per heavy atom. The number of amides is 1. The van der Waals surface area contributed by atoms with Crippen molar-refractivity contribution in [3.05, 3.63) is 133 Å². The minimum absolute atomic E-state index is 0.0629. The highest BCUT2D eigenvalue weighted by molar-refractivity contribution is 9.11. The normalized spacial score (nSPS) is 22.2. The highest BCUT2D eigenvalue weighted by Gasteiger charge is 2.58. The number of hydrogen-bond acceptors (Lipinski definition) is 6. The van der Waals surface area contributed by atoms with E-state index in [1.807, 2.05) is 22.7 Å². The third kappa shape index (κ3) is 15.8. The average molecular weight is 1750 g/mol. The van der Waals surface area contributed by atoms with Crippen LogP contribution >= 0.6 is 77.2 Å². The first-order chi connectivity index (χ1) is 55.9. The number of fused-ring (bicyclic) bond motifs is 21. The summed E-state index contributed by atoms with van der Waals surface area (Å²) >= 11 is 16.8. The molecular weight excluding hydrogens is 1610 g/mol. The van der Waals surface area contributed by atoms with E-state index in [-0.39, 0.29) is 27.6 Å². The monoisotopic (exact) mass is 1750 g/mol. The number of unbranched alkanes of at least 4 members (excludes halogenated alkanes) is 8. The predicted octanol–water partition coefficient (Wildman–Crippen LogP) is 35.6. The van der Waals surface area contributed by atoms with Crippen LogP contribution in [-0.2, 0) is 26.5 Å². The lowest BCUT2D eigenvalue weighted by Crippen LogP contribution is -2.33. The van der Waals surface area contributed by atoms with Crippen molar-refractivity contribution < 1.29 is 4.79 Å². The van der Waals surface area contributed by atoms with E-state index in [2.05, 4.69) is 236 Å². The summed E-state index contributed by atoms with van der Waals surface area (Å²) in [5.74, 6) is 5.24. The summed E-state index contributed by atoms with van der Waals surface area (Å²) in [4.78, 5) is 30.3. The number of thiophene rings is 4. The zero-order valence-corrected chi connectivity index (χ0v) is 81.0. The fourth-order valence-corrected chi connectivity index (χ4v) is 31.3. The molecule has 4 aliphatic carbocycles. The highest BCUT2D eigenvalue weighted by Crippen LogP contribution is 2.71. The largest absolute Gasteiger partial charge is 0.342 e. The molecule has 14 rings (SSSR count). The average Bonchev–Trinajstić information content (AvgIpc) is 1.51. The van der Waals surface area contributed by atoms with E-state index in [1.54, 1.807) is 76.5 Å². The molecule has 4 aliphatic heterocycles. The van der Waals surface area contributed by atoms with Gasteiger partial charge in [0, 0.05) is 70.3 Å². The molecule has 8 atom stereocenters. The van der Waals surface area contributed by atoms with Gasteiger partial charge in [0.05, 0.1) is 40.8 Å². The molecule has 0 saturated heterocycles. The van der Waals surface area contributed by atoms with Crippen LogP contribution in [0.2, 0.25) is 0 Å². The minimum Gasteiger partial charge on any atom is -0.342 e. The summed E-state index contributed by atoms with van der Waals surface area (Å²) < 4.78 is 2.59. The van der Waals surface area contributed by atoms with Gasteiger partial charge in [0.25, 0.3) is 5.91 Å². The fraction of sp³-hybridized carbons (Fsp3) is 0.651. The Morgan fingerprint density at radius 3 is 0.913 bits per heavy atom. The van der Waals surface area contributed by atoms with E-state index in [1.165, 1.54) is 312 Å². The second-order valence-corrected chi connectivity index (χ2v) is 45.3. The Bertz CT molecular complexity index is 4460. The zero-order chi connectivity index (χ0) is 81.3. The van der Waals surface area contributed by atoms with Gasteiger partial charge in [-0.25, -0.2) is 0 Å². The Hall–Kier alpha value is -3.57. The molecule has 6 aromatic rings. The van der Waals surface area contributed by atoms with Crippen molar-refractivity contribution in [3.8, 4) is 41.8 Å². The fourth-order valence-electron chi connectivity index (χ4n) is 24.8. The van der Waals surface area contributed by atoms with Crippen molar-refractivity contribution in [2.24, 2.45) is 47.3 Å². The minimum atomic E-state index is -0.179. The van der Waals surface area contributed by atoms with Crippen molar-refractivity contribution in [1.29, 1.82) is 0 Å². The van der Waals surface area contributed by atoms with Gasteiger partial charge < -0.3 is 4.90 Å². The molecule has 8 unspecified atom stereocenters. The van der Waals surface area contributed by atoms with Gasteiger partial charge in [-0.3, -0.25) is 9.69 Å². The first-order valence-corrected chi connectivity index (χ1v) is 53.1. The second kappa shape index (κ2) is 38.0. The molecule has 0 saturated carbocycles. The lowest BCUT2D eigenvalue weighted by molar-refractivity contribution is -0.121. The molecule has 4 aromatic heterocycles. The molecule has 0 fully saturated rings. The van der Waals surface area contributed by atoms with Crippen LogP contribution in [0.25, 0.3) is 65.3 Å². The molecule has 8 heterocycles. The van der Waals surface area contributed by atoms with Crippen LogP contribution in [0.3, 0.4) is 0 Å². The summed E-state index contributed by atoms with van der Waals surface area (Å²) in [5.41, 5.74) is 26.3. The predicted molar refractivity (Wildman–Crippen MR) is 514 cm³/mol. The Labute approximate surface area is 732 Å². The molecule has 0 N–H and O–H groups in total. The topological polar surface area (TPSA) is 23.6 Å². The molecule has 0 bridgehead atoms. The maximum Gasteiger partial charge on any atom is 0.265 e. The van der Waals surface area contributed by atoms with Crippen LogP contribution in [0, 0.1) is 47.3 Å². The first kappa shape index (κ1) is 87.8. The van der Waals surface area contributed by atoms with Crippen molar-refractivity contribution in [1.82, 2.24) is 9.80 Å². The molecule has 8 aliphatic rings. The summed E-state index contributed by atoms with van der Waals surface area (Å²) in [5, 5.41) is 0. The van der Waals surface area contributed by atoms with E-state index in [0.717, 1.165) is 12.1 Å². The molecule has 2 aromatic carbocycles. The van der Waals surface area contributed by atoms with Crippen LogP contribution in [-0.4, -0.2) is 22.3 Å². The van der Waals surface area contributed by atoms with Gasteiger partial charge in [0.1, 0.15) is 0 Å². The molecule has 9 heteroatoms. The summed E-state index contributed by atoms with van der Waals surface area (Å²) in [7, 11) is 0. The number of carbonyl (C=O) groups is 1. The summed E-state index contributed by atoms with van der Waals surface area (Å²) in [6.07, 6.45) is 59.8. The maximum absolute atomic E-state index is 16.7. The standard InChI is InChI=1S/C106H148Br2N2OS4/c1-17-33-41-68(25-9)59-103(60-69(26-10)42-34-18-2)83-55-80-85(53-78(83)96-87(103)57-89(107)112-96)106(65-74(31-15)47-39-23-7,66-75(32-16)48-40-24-8)93-77-50-52-110-94(100(77)114-98(80)93)82-67-109-51-49-76-92-99(115-101(76)95(109)91(82)102(110)111)81-56-84-79(54-86(81)105(92,63-72(29-13)45-37-21-5)64-73(30-14)46-38-22-6)97-88(58-90(108)113-97)104(84,61-70(27-11)43-35-19-3)62-71(28-12)44-36-20-4/h49-58,68-75H,17-48,59-67H2,1-16H3. The summed E-state index contributed by atoms with van der Waals surface area (Å²) in [6, 6.07) is 16.9. The second-order valence-electron chi connectivity index (χ2n) is 38.4. The SMILES string of the molecule is CCCCC(CC)CC1(CC(CC)CCCC)c2cc3c(cc2-c2sc(Br)cc21)C(CC(CC)CCCC)(CC(CC)CCCC)c1c-3sc2c1C=CN1CC3=C4c5sc6c(c5C=CN4C(=O)C3=C21)C(CC(CC)CCCC)(CC(CC)CCCC)c1cc2c(cc1-6)C(CC(CC)CCCC)(CC(CC)CCCC)c1cc(Br)sc1-2. The Kier molecular flexibility index (Phi) is 29.0. The Morgan fingerprint density at radius 1 is 0.330 bits per heavy atom. The van der Waals surface area contributed by atoms with Crippen LogP contribution < -0.4 is 0 Å². The van der Waals surface area contributed by atoms with Gasteiger partial charge in [0.15, 0.2) is 0 Å². The van der Waals surface area contributed by atoms with Gasteiger partial charge in [-0.1, -0.05) is 316 Å². The molecule has 1 amide bonds. The third-order valence-corrected chi connectivity index (χ3v) is 37.3. The Balaban J connectivity index is 1.01. The number of benzene rings is 2. The van der Waals surface area contributed by atoms with Crippen LogP contribution in [0.15, 0.2) is 67.5 Å². The number of carbonyl (C=O) groups excluding carboxylic acids is 1. The number of rotatable bonds is 48. The smallest absolute Gasteiger partial charge is 0.265 e. The van der Waals surface area contributed by atoms with Gasteiger partial charge in [0.2, 0.25) is 0 Å². The van der Waals surface area contributed by atoms with Crippen molar-refractivity contribution >= 4 is 107 Å². The number of nitrogens with zero attached hydrogens (tertiary/aromatic N) is 2. The van der Waals surface area contributed by atoms with E-state index in [0.29, 0.717) is 47.3 Å². The number of halogens is 2. The molecule has 0 spiro atoms. The summed E-state index contributed by atoms with van der Waals surface area (Å²) in [6.45, 7) is 40.1. The maximum atomic E-state index is 16.7. The molecule has 115 heavy (non-hydrogen) atoms. The highest BCUT2D eigenvalue weighted by atomic mass is 79.9. The third-order valence-electron chi connectivity index (χ3n) is 31.4. The van der Waals surface area contributed by atoms with E-state index < -0.39 is 0 Å². The van der Waals surface area contributed by atoms with E-state index in [4.69, 9.17) is 0 Å². The van der Waals surface area contributed by atoms with Crippen LogP contribution in [0.4, 0.5) is 0 Å². The molecule has 626 valence electrons. The van der Waals surface area contributed by atoms with Gasteiger partial charge in [-0.15, -0.1) is 45.3 Å². The van der Waals surface area contributed by atoms with Gasteiger partial charge >= 0.3 is 0 Å². The van der Waals surface area contributed by atoms with Crippen molar-refractivity contribution in [3.63, 3.8) is 0 Å². The van der Waals surface area contributed by atoms with Crippen LogP contribution in [0.1, 0.15) is 433 Å². The lowest BCUT2D eigenvalue weighted by Gasteiger charge is -2.40. The van der Waals surface area contributed by atoms with E-state index in [9.17, 15) is 0 Å². The van der Waals surface area contributed by atoms with Crippen LogP contribution in [0.5, 0.6) is 0 Å². The lowest BCUT2D eigenvalue weighted by atomic mass is 9.63.